The standard InChI is InChI=1S/C19H24N4O4S/c1-3-22-12-18(20-13-22)28(26,27)23-9-5-7-16(11-23)19(25)21-17-8-4-6-15(10-17)14(2)24/h4,6,8,10,12-13,16H,3,5,7,9,11H2,1-2H3,(H,21,25). The van der Waals surface area contributed by atoms with Crippen LogP contribution in [0.1, 0.15) is 37.0 Å². The number of nitrogens with one attached hydrogen (secondary N) is 1. The number of ketones is 1. The Morgan fingerprint density at radius 1 is 1.32 bits per heavy atom. The number of benzene rings is 1. The van der Waals surface area contributed by atoms with E-state index in [1.807, 2.05) is 6.92 Å². The van der Waals surface area contributed by atoms with Gasteiger partial charge in [-0.2, -0.15) is 4.31 Å². The molecule has 0 spiro atoms. The maximum atomic E-state index is 12.8. The highest BCUT2D eigenvalue weighted by Crippen LogP contribution is 2.24. The molecule has 1 amide bonds. The van der Waals surface area contributed by atoms with Crippen molar-refractivity contribution >= 4 is 27.4 Å². The molecule has 28 heavy (non-hydrogen) atoms. The molecule has 1 N–H and O–H groups in total. The van der Waals surface area contributed by atoms with Crippen molar-refractivity contribution in [3.8, 4) is 0 Å². The molecule has 9 heteroatoms. The smallest absolute Gasteiger partial charge is 0.262 e. The van der Waals surface area contributed by atoms with Crippen LogP contribution in [0.15, 0.2) is 41.8 Å². The van der Waals surface area contributed by atoms with Crippen molar-refractivity contribution < 1.29 is 18.0 Å². The SMILES string of the molecule is CCn1cnc(S(=O)(=O)N2CCCC(C(=O)Nc3cccc(C(C)=O)c3)C2)c1. The normalized spacial score (nSPS) is 18.0. The van der Waals surface area contributed by atoms with Crippen LogP contribution < -0.4 is 5.32 Å². The van der Waals surface area contributed by atoms with Crippen molar-refractivity contribution in [2.75, 3.05) is 18.4 Å². The van der Waals surface area contributed by atoms with Gasteiger partial charge in [0.1, 0.15) is 0 Å². The average molecular weight is 404 g/mol. The van der Waals surface area contributed by atoms with E-state index >= 15 is 0 Å². The number of hydrogen-bond donors (Lipinski definition) is 1. The first-order chi connectivity index (χ1) is 13.3. The number of rotatable bonds is 6. The number of Topliss-reactive ketones (excluding diaryl/α,β-unsaturated/α-hetero) is 1. The van der Waals surface area contributed by atoms with Gasteiger partial charge in [0, 0.05) is 37.1 Å². The number of imidazole rings is 1. The van der Waals surface area contributed by atoms with E-state index in [1.54, 1.807) is 28.8 Å². The van der Waals surface area contributed by atoms with E-state index in [0.29, 0.717) is 37.2 Å². The number of carbonyl (C=O) groups is 2. The Morgan fingerprint density at radius 3 is 2.79 bits per heavy atom. The van der Waals surface area contributed by atoms with Gasteiger partial charge in [-0.15, -0.1) is 0 Å². The Bertz CT molecular complexity index is 983. The van der Waals surface area contributed by atoms with E-state index in [2.05, 4.69) is 10.3 Å². The minimum absolute atomic E-state index is 0.00423. The van der Waals surface area contributed by atoms with E-state index in [4.69, 9.17) is 0 Å². The Balaban J connectivity index is 1.71. The number of carbonyl (C=O) groups excluding carboxylic acids is 2. The Morgan fingerprint density at radius 2 is 2.11 bits per heavy atom. The Hall–Kier alpha value is -2.52. The molecule has 0 bridgehead atoms. The van der Waals surface area contributed by atoms with Crippen LogP contribution in [0.2, 0.25) is 0 Å². The molecule has 1 unspecified atom stereocenters. The summed E-state index contributed by atoms with van der Waals surface area (Å²) in [5, 5.41) is 2.80. The first kappa shape index (κ1) is 20.2. The van der Waals surface area contributed by atoms with Gasteiger partial charge in [-0.25, -0.2) is 13.4 Å². The quantitative estimate of drug-likeness (QED) is 0.744. The summed E-state index contributed by atoms with van der Waals surface area (Å²) >= 11 is 0. The summed E-state index contributed by atoms with van der Waals surface area (Å²) in [5.41, 5.74) is 1.04. The molecule has 0 saturated carbocycles. The molecule has 8 nitrogen and oxygen atoms in total. The van der Waals surface area contributed by atoms with Crippen LogP contribution in [0.3, 0.4) is 0 Å². The largest absolute Gasteiger partial charge is 0.336 e. The molecule has 1 saturated heterocycles. The zero-order chi connectivity index (χ0) is 20.3. The number of anilines is 1. The monoisotopic (exact) mass is 404 g/mol. The summed E-state index contributed by atoms with van der Waals surface area (Å²) in [6.45, 7) is 4.47. The molecule has 1 aromatic carbocycles. The van der Waals surface area contributed by atoms with Crippen molar-refractivity contribution in [2.24, 2.45) is 5.92 Å². The van der Waals surface area contributed by atoms with Crippen molar-refractivity contribution in [2.45, 2.75) is 38.3 Å². The molecular weight excluding hydrogens is 380 g/mol. The molecule has 1 atom stereocenters. The second kappa shape index (κ2) is 8.24. The van der Waals surface area contributed by atoms with E-state index < -0.39 is 15.9 Å². The van der Waals surface area contributed by atoms with Gasteiger partial charge < -0.3 is 9.88 Å². The summed E-state index contributed by atoms with van der Waals surface area (Å²) < 4.78 is 28.7. The molecule has 2 aromatic rings. The van der Waals surface area contributed by atoms with Gasteiger partial charge in [-0.05, 0) is 38.8 Å². The Labute approximate surface area is 164 Å². The van der Waals surface area contributed by atoms with Crippen LogP contribution in [0.5, 0.6) is 0 Å². The number of piperidine rings is 1. The lowest BCUT2D eigenvalue weighted by Crippen LogP contribution is -2.43. The molecule has 1 fully saturated rings. The molecule has 3 rings (SSSR count). The number of amides is 1. The van der Waals surface area contributed by atoms with Crippen molar-refractivity contribution in [1.82, 2.24) is 13.9 Å². The van der Waals surface area contributed by atoms with Crippen LogP contribution in [0, 0.1) is 5.92 Å². The third kappa shape index (κ3) is 4.31. The average Bonchev–Trinajstić information content (AvgIpc) is 3.18. The highest BCUT2D eigenvalue weighted by atomic mass is 32.2. The number of aromatic nitrogens is 2. The van der Waals surface area contributed by atoms with Crippen LogP contribution in [-0.4, -0.2) is 47.1 Å². The predicted molar refractivity (Wildman–Crippen MR) is 104 cm³/mol. The van der Waals surface area contributed by atoms with E-state index in [-0.39, 0.29) is 23.3 Å². The fraction of sp³-hybridized carbons (Fsp3) is 0.421. The highest BCUT2D eigenvalue weighted by Gasteiger charge is 2.34. The Kier molecular flexibility index (Phi) is 5.95. The first-order valence-electron chi connectivity index (χ1n) is 9.25. The molecule has 150 valence electrons. The molecule has 1 aromatic heterocycles. The maximum absolute atomic E-state index is 12.8. The van der Waals surface area contributed by atoms with Gasteiger partial charge in [0.15, 0.2) is 10.8 Å². The van der Waals surface area contributed by atoms with Gasteiger partial charge >= 0.3 is 0 Å². The maximum Gasteiger partial charge on any atom is 0.262 e. The van der Waals surface area contributed by atoms with Crippen molar-refractivity contribution in [3.05, 3.63) is 42.4 Å². The molecule has 2 heterocycles. The zero-order valence-corrected chi connectivity index (χ0v) is 16.8. The van der Waals surface area contributed by atoms with Crippen LogP contribution >= 0.6 is 0 Å². The molecular formula is C19H24N4O4S. The fourth-order valence-electron chi connectivity index (χ4n) is 3.21. The first-order valence-corrected chi connectivity index (χ1v) is 10.7. The molecule has 0 radical (unpaired) electrons. The molecule has 1 aliphatic rings. The van der Waals surface area contributed by atoms with Gasteiger partial charge in [0.05, 0.1) is 12.2 Å². The van der Waals surface area contributed by atoms with Gasteiger partial charge in [-0.1, -0.05) is 12.1 Å². The number of hydrogen-bond acceptors (Lipinski definition) is 5. The minimum atomic E-state index is -3.73. The van der Waals surface area contributed by atoms with Crippen LogP contribution in [0.4, 0.5) is 5.69 Å². The number of nitrogens with zero attached hydrogens (tertiary/aromatic N) is 3. The lowest BCUT2D eigenvalue weighted by Gasteiger charge is -2.30. The second-order valence-corrected chi connectivity index (χ2v) is 8.76. The third-order valence-electron chi connectivity index (χ3n) is 4.87. The second-order valence-electron chi connectivity index (χ2n) is 6.87. The summed E-state index contributed by atoms with van der Waals surface area (Å²) in [5.74, 6) is -0.796. The van der Waals surface area contributed by atoms with Crippen molar-refractivity contribution in [1.29, 1.82) is 0 Å². The fourth-order valence-corrected chi connectivity index (χ4v) is 4.67. The van der Waals surface area contributed by atoms with Crippen molar-refractivity contribution in [3.63, 3.8) is 0 Å². The van der Waals surface area contributed by atoms with Crippen LogP contribution in [0.25, 0.3) is 0 Å². The van der Waals surface area contributed by atoms with E-state index in [0.717, 1.165) is 0 Å². The van der Waals surface area contributed by atoms with E-state index in [9.17, 15) is 18.0 Å². The summed E-state index contributed by atoms with van der Waals surface area (Å²) in [6.07, 6.45) is 4.20. The lowest BCUT2D eigenvalue weighted by atomic mass is 9.98. The van der Waals surface area contributed by atoms with Gasteiger partial charge in [0.2, 0.25) is 5.91 Å². The minimum Gasteiger partial charge on any atom is -0.336 e. The summed E-state index contributed by atoms with van der Waals surface area (Å²) in [4.78, 5) is 28.2. The van der Waals surface area contributed by atoms with Crippen LogP contribution in [-0.2, 0) is 21.4 Å². The summed E-state index contributed by atoms with van der Waals surface area (Å²) in [6, 6.07) is 6.71. The third-order valence-corrected chi connectivity index (χ3v) is 6.62. The number of sulfonamides is 1. The predicted octanol–water partition coefficient (Wildman–Crippen LogP) is 2.14. The zero-order valence-electron chi connectivity index (χ0n) is 16.0. The van der Waals surface area contributed by atoms with Gasteiger partial charge in [0.25, 0.3) is 10.0 Å². The topological polar surface area (TPSA) is 101 Å². The number of aryl methyl sites for hydroxylation is 1. The highest BCUT2D eigenvalue weighted by molar-refractivity contribution is 7.89. The van der Waals surface area contributed by atoms with E-state index in [1.165, 1.54) is 23.8 Å². The molecule has 1 aliphatic heterocycles. The lowest BCUT2D eigenvalue weighted by molar-refractivity contribution is -0.120. The van der Waals surface area contributed by atoms with Gasteiger partial charge in [-0.3, -0.25) is 9.59 Å². The molecule has 0 aliphatic carbocycles. The summed E-state index contributed by atoms with van der Waals surface area (Å²) in [7, 11) is -3.73.